The number of fused-ring (bicyclic) bond motifs is 1. The molecule has 0 spiro atoms. The number of esters is 1. The summed E-state index contributed by atoms with van der Waals surface area (Å²) in [6.45, 7) is 4.07. The fourth-order valence-corrected chi connectivity index (χ4v) is 6.82. The first kappa shape index (κ1) is 32.5. The number of halogens is 5. The van der Waals surface area contributed by atoms with Gasteiger partial charge in [-0.05, 0) is 63.6 Å². The molecule has 3 rings (SSSR count). The second kappa shape index (κ2) is 11.0. The molecule has 0 amide bonds. The summed E-state index contributed by atoms with van der Waals surface area (Å²) in [6, 6.07) is 5.80. The van der Waals surface area contributed by atoms with Crippen LogP contribution in [-0.2, 0) is 36.0 Å². The lowest BCUT2D eigenvalue weighted by Crippen LogP contribution is -2.51. The van der Waals surface area contributed by atoms with E-state index in [1.165, 1.54) is 18.2 Å². The van der Waals surface area contributed by atoms with E-state index in [2.05, 4.69) is 9.46 Å². The molecule has 0 fully saturated rings. The number of benzene rings is 2. The summed E-state index contributed by atoms with van der Waals surface area (Å²) < 4.78 is 132. The van der Waals surface area contributed by atoms with Crippen molar-refractivity contribution in [1.29, 1.82) is 0 Å². The van der Waals surface area contributed by atoms with Gasteiger partial charge in [0.05, 0.1) is 29.8 Å². The Morgan fingerprint density at radius 1 is 1.02 bits per heavy atom. The van der Waals surface area contributed by atoms with Crippen molar-refractivity contribution < 1.29 is 53.1 Å². The summed E-state index contributed by atoms with van der Waals surface area (Å²) in [5, 5.41) is 0. The minimum absolute atomic E-state index is 0.0182. The number of hydrogen-bond acceptors (Lipinski definition) is 7. The molecule has 1 N–H and O–H groups in total. The van der Waals surface area contributed by atoms with Gasteiger partial charge in [0.15, 0.2) is 11.6 Å². The van der Waals surface area contributed by atoms with Crippen molar-refractivity contribution in [2.75, 3.05) is 17.1 Å². The molecule has 1 aliphatic heterocycles. The number of carbonyl (C=O) groups is 1. The van der Waals surface area contributed by atoms with Crippen molar-refractivity contribution in [3.05, 3.63) is 53.6 Å². The second-order valence-electron chi connectivity index (χ2n) is 10.8. The van der Waals surface area contributed by atoms with Gasteiger partial charge in [0.2, 0.25) is 15.6 Å². The van der Waals surface area contributed by atoms with Gasteiger partial charge in [0, 0.05) is 12.0 Å². The minimum atomic E-state index is -4.84. The van der Waals surface area contributed by atoms with Crippen LogP contribution < -0.4 is 13.8 Å². The van der Waals surface area contributed by atoms with E-state index in [4.69, 9.17) is 4.74 Å². The van der Waals surface area contributed by atoms with Gasteiger partial charge < -0.3 is 9.47 Å². The number of anilines is 1. The molecule has 0 saturated carbocycles. The van der Waals surface area contributed by atoms with Gasteiger partial charge in [-0.1, -0.05) is 6.07 Å². The van der Waals surface area contributed by atoms with Crippen molar-refractivity contribution in [1.82, 2.24) is 4.72 Å². The quantitative estimate of drug-likeness (QED) is 0.329. The SMILES string of the molecule is CC(C)(C[C@H]1CN(S(=O)(=O)c2ccc(F)c(F)c2)c2cc(CC(=O)OC(C)(C)C(F)(F)F)ccc2O1)NS(C)(=O)=O. The fraction of sp³-hybridized carbons (Fsp3) is 0.480. The normalized spacial score (nSPS) is 16.6. The summed E-state index contributed by atoms with van der Waals surface area (Å²) in [7, 11) is -8.24. The second-order valence-corrected chi connectivity index (χ2v) is 14.4. The molecule has 1 atom stereocenters. The van der Waals surface area contributed by atoms with Gasteiger partial charge in [-0.3, -0.25) is 9.10 Å². The number of rotatable bonds is 9. The highest BCUT2D eigenvalue weighted by Gasteiger charge is 2.50. The molecule has 0 aliphatic carbocycles. The highest BCUT2D eigenvalue weighted by Crippen LogP contribution is 2.40. The van der Waals surface area contributed by atoms with Gasteiger partial charge in [0.1, 0.15) is 11.9 Å². The number of sulfonamides is 2. The number of hydrogen-bond donors (Lipinski definition) is 1. The molecular weight excluding hydrogens is 599 g/mol. The molecule has 228 valence electrons. The summed E-state index contributed by atoms with van der Waals surface area (Å²) in [4.78, 5) is 11.7. The number of alkyl halides is 3. The van der Waals surface area contributed by atoms with E-state index in [9.17, 15) is 43.6 Å². The molecule has 9 nitrogen and oxygen atoms in total. The molecule has 2 aromatic carbocycles. The largest absolute Gasteiger partial charge is 0.486 e. The molecule has 0 saturated heterocycles. The van der Waals surface area contributed by atoms with Crippen molar-refractivity contribution >= 4 is 31.7 Å². The molecule has 0 aromatic heterocycles. The standard InChI is InChI=1S/C25H29F5N2O7S2/c1-23(2,31-40(5,34)35)13-16-14-32(41(36,37)17-7-8-18(26)19(27)12-17)20-10-15(6-9-21(20)38-16)11-22(33)39-24(3,4)25(28,29)30/h6-10,12,16,31H,11,13-14H2,1-5H3/t16-/m0/s1. The van der Waals surface area contributed by atoms with Crippen LogP contribution in [0, 0.1) is 11.6 Å². The Morgan fingerprint density at radius 3 is 2.22 bits per heavy atom. The van der Waals surface area contributed by atoms with Gasteiger partial charge in [-0.15, -0.1) is 0 Å². The van der Waals surface area contributed by atoms with Crippen LogP contribution in [0.25, 0.3) is 0 Å². The summed E-state index contributed by atoms with van der Waals surface area (Å²) in [5.74, 6) is -3.94. The number of nitrogens with one attached hydrogen (secondary N) is 1. The summed E-state index contributed by atoms with van der Waals surface area (Å²) in [6.07, 6.45) is -5.50. The Hall–Kier alpha value is -2.98. The topological polar surface area (TPSA) is 119 Å². The Kier molecular flexibility index (Phi) is 8.74. The average molecular weight is 629 g/mol. The molecule has 1 aliphatic rings. The Balaban J connectivity index is 2.01. The zero-order valence-electron chi connectivity index (χ0n) is 22.7. The highest BCUT2D eigenvalue weighted by atomic mass is 32.2. The van der Waals surface area contributed by atoms with Gasteiger partial charge >= 0.3 is 12.1 Å². The predicted octanol–water partition coefficient (Wildman–Crippen LogP) is 4.07. The smallest absolute Gasteiger partial charge is 0.427 e. The van der Waals surface area contributed by atoms with E-state index < -0.39 is 78.9 Å². The van der Waals surface area contributed by atoms with Crippen molar-refractivity contribution in [2.24, 2.45) is 0 Å². The molecule has 0 bridgehead atoms. The summed E-state index contributed by atoms with van der Waals surface area (Å²) >= 11 is 0. The van der Waals surface area contributed by atoms with Crippen LogP contribution in [0.4, 0.5) is 27.6 Å². The monoisotopic (exact) mass is 628 g/mol. The van der Waals surface area contributed by atoms with Crippen molar-refractivity contribution in [3.8, 4) is 5.75 Å². The number of ether oxygens (including phenoxy) is 2. The van der Waals surface area contributed by atoms with Gasteiger partial charge in [-0.2, -0.15) is 13.2 Å². The Bertz CT molecular complexity index is 1540. The fourth-order valence-electron chi connectivity index (χ4n) is 4.22. The highest BCUT2D eigenvalue weighted by molar-refractivity contribution is 7.92. The van der Waals surface area contributed by atoms with E-state index in [1.54, 1.807) is 13.8 Å². The maximum Gasteiger partial charge on any atom is 0.427 e. The molecule has 0 radical (unpaired) electrons. The predicted molar refractivity (Wildman–Crippen MR) is 138 cm³/mol. The average Bonchev–Trinajstić information content (AvgIpc) is 2.77. The Labute approximate surface area is 234 Å². The van der Waals surface area contributed by atoms with Crippen LogP contribution in [0.1, 0.15) is 39.7 Å². The summed E-state index contributed by atoms with van der Waals surface area (Å²) in [5.41, 5.74) is -3.91. The first-order valence-electron chi connectivity index (χ1n) is 12.1. The van der Waals surface area contributed by atoms with Crippen LogP contribution >= 0.6 is 0 Å². The number of nitrogens with zero attached hydrogens (tertiary/aromatic N) is 1. The first-order chi connectivity index (χ1) is 18.5. The molecule has 2 aromatic rings. The van der Waals surface area contributed by atoms with E-state index in [0.29, 0.717) is 26.0 Å². The lowest BCUT2D eigenvalue weighted by Gasteiger charge is -2.38. The maximum atomic E-state index is 14.0. The lowest BCUT2D eigenvalue weighted by atomic mass is 9.97. The zero-order chi connectivity index (χ0) is 31.2. The van der Waals surface area contributed by atoms with Crippen LogP contribution in [-0.4, -0.2) is 59.0 Å². The third-order valence-corrected chi connectivity index (χ3v) is 8.73. The number of carbonyl (C=O) groups excluding carboxylic acids is 1. The minimum Gasteiger partial charge on any atom is -0.486 e. The Morgan fingerprint density at radius 2 is 1.66 bits per heavy atom. The molecular formula is C25H29F5N2O7S2. The van der Waals surface area contributed by atoms with E-state index in [-0.39, 0.29) is 23.4 Å². The lowest BCUT2D eigenvalue weighted by molar-refractivity contribution is -0.257. The molecule has 16 heteroatoms. The third kappa shape index (κ3) is 7.86. The molecule has 41 heavy (non-hydrogen) atoms. The van der Waals surface area contributed by atoms with E-state index >= 15 is 0 Å². The van der Waals surface area contributed by atoms with Crippen molar-refractivity contribution in [3.63, 3.8) is 0 Å². The van der Waals surface area contributed by atoms with Crippen LogP contribution in [0.3, 0.4) is 0 Å². The van der Waals surface area contributed by atoms with Crippen LogP contribution in [0.5, 0.6) is 5.75 Å². The first-order valence-corrected chi connectivity index (χ1v) is 15.4. The van der Waals surface area contributed by atoms with Gasteiger partial charge in [-0.25, -0.2) is 30.3 Å². The maximum absolute atomic E-state index is 14.0. The van der Waals surface area contributed by atoms with Gasteiger partial charge in [0.25, 0.3) is 10.0 Å². The van der Waals surface area contributed by atoms with Crippen molar-refractivity contribution in [2.45, 2.75) is 68.9 Å². The van der Waals surface area contributed by atoms with E-state index in [1.807, 2.05) is 0 Å². The zero-order valence-corrected chi connectivity index (χ0v) is 24.3. The van der Waals surface area contributed by atoms with E-state index in [0.717, 1.165) is 16.6 Å². The van der Waals surface area contributed by atoms with Crippen LogP contribution in [0.2, 0.25) is 0 Å². The molecule has 1 heterocycles. The third-order valence-electron chi connectivity index (χ3n) is 6.03. The molecule has 0 unspecified atom stereocenters. The van der Waals surface area contributed by atoms with Crippen LogP contribution in [0.15, 0.2) is 41.3 Å².